The first-order valence-electron chi connectivity index (χ1n) is 3.92. The maximum absolute atomic E-state index is 4.21. The van der Waals surface area contributed by atoms with Crippen LogP contribution >= 0.6 is 0 Å². The van der Waals surface area contributed by atoms with Crippen LogP contribution < -0.4 is 5.32 Å². The average molecular weight is 153 g/mol. The topological polar surface area (TPSA) is 40.7 Å². The maximum atomic E-state index is 4.21. The van der Waals surface area contributed by atoms with E-state index < -0.39 is 0 Å². The fraction of sp³-hybridized carbons (Fsp3) is 0.625. The second-order valence-electron chi connectivity index (χ2n) is 2.97. The SMILES string of the molecule is CNCc1ncc(C(C)C)[nH]1. The fourth-order valence-corrected chi connectivity index (χ4v) is 0.929. The highest BCUT2D eigenvalue weighted by Crippen LogP contribution is 2.10. The van der Waals surface area contributed by atoms with E-state index in [4.69, 9.17) is 0 Å². The molecule has 1 aromatic rings. The van der Waals surface area contributed by atoms with Gasteiger partial charge in [0.15, 0.2) is 0 Å². The predicted molar refractivity (Wildman–Crippen MR) is 45.4 cm³/mol. The second-order valence-corrected chi connectivity index (χ2v) is 2.97. The van der Waals surface area contributed by atoms with Gasteiger partial charge in [0.1, 0.15) is 5.82 Å². The third-order valence-electron chi connectivity index (χ3n) is 1.61. The van der Waals surface area contributed by atoms with Crippen LogP contribution in [0.25, 0.3) is 0 Å². The molecule has 1 aromatic heterocycles. The van der Waals surface area contributed by atoms with E-state index in [0.29, 0.717) is 5.92 Å². The van der Waals surface area contributed by atoms with Crippen molar-refractivity contribution in [2.45, 2.75) is 26.3 Å². The Kier molecular flexibility index (Phi) is 2.65. The van der Waals surface area contributed by atoms with E-state index in [9.17, 15) is 0 Å². The number of aromatic amines is 1. The molecule has 0 saturated heterocycles. The lowest BCUT2D eigenvalue weighted by Gasteiger charge is -1.98. The molecule has 62 valence electrons. The summed E-state index contributed by atoms with van der Waals surface area (Å²) in [5.41, 5.74) is 1.20. The van der Waals surface area contributed by atoms with Crippen LogP contribution in [-0.2, 0) is 6.54 Å². The van der Waals surface area contributed by atoms with Crippen LogP contribution in [-0.4, -0.2) is 17.0 Å². The minimum Gasteiger partial charge on any atom is -0.345 e. The molecule has 0 spiro atoms. The first-order valence-corrected chi connectivity index (χ1v) is 3.92. The second kappa shape index (κ2) is 3.53. The molecule has 0 aliphatic rings. The van der Waals surface area contributed by atoms with Crippen LogP contribution in [0.5, 0.6) is 0 Å². The van der Waals surface area contributed by atoms with Gasteiger partial charge in [0.2, 0.25) is 0 Å². The summed E-state index contributed by atoms with van der Waals surface area (Å²) in [5, 5.41) is 3.04. The molecule has 1 rings (SSSR count). The Morgan fingerprint density at radius 2 is 2.36 bits per heavy atom. The third-order valence-corrected chi connectivity index (χ3v) is 1.61. The van der Waals surface area contributed by atoms with Gasteiger partial charge in [-0.25, -0.2) is 4.98 Å². The van der Waals surface area contributed by atoms with Crippen molar-refractivity contribution < 1.29 is 0 Å². The van der Waals surface area contributed by atoms with Gasteiger partial charge in [-0.3, -0.25) is 0 Å². The van der Waals surface area contributed by atoms with Gasteiger partial charge in [0.25, 0.3) is 0 Å². The van der Waals surface area contributed by atoms with Crippen molar-refractivity contribution in [3.05, 3.63) is 17.7 Å². The molecular formula is C8H15N3. The predicted octanol–water partition coefficient (Wildman–Crippen LogP) is 1.25. The van der Waals surface area contributed by atoms with Crippen molar-refractivity contribution in [2.24, 2.45) is 0 Å². The zero-order valence-electron chi connectivity index (χ0n) is 7.31. The molecule has 0 aromatic carbocycles. The molecule has 2 N–H and O–H groups in total. The highest BCUT2D eigenvalue weighted by atomic mass is 15.0. The Hall–Kier alpha value is -0.830. The summed E-state index contributed by atoms with van der Waals surface area (Å²) in [6, 6.07) is 0. The van der Waals surface area contributed by atoms with Crippen LogP contribution in [0.1, 0.15) is 31.3 Å². The molecule has 0 saturated carbocycles. The lowest BCUT2D eigenvalue weighted by molar-refractivity contribution is 0.758. The van der Waals surface area contributed by atoms with Crippen molar-refractivity contribution in [3.8, 4) is 0 Å². The van der Waals surface area contributed by atoms with Crippen molar-refractivity contribution in [1.82, 2.24) is 15.3 Å². The number of nitrogens with zero attached hydrogens (tertiary/aromatic N) is 1. The largest absolute Gasteiger partial charge is 0.345 e. The molecule has 0 radical (unpaired) electrons. The van der Waals surface area contributed by atoms with E-state index in [-0.39, 0.29) is 0 Å². The van der Waals surface area contributed by atoms with Gasteiger partial charge in [0, 0.05) is 11.9 Å². The van der Waals surface area contributed by atoms with E-state index in [1.54, 1.807) is 0 Å². The van der Waals surface area contributed by atoms with Gasteiger partial charge in [-0.05, 0) is 13.0 Å². The number of hydrogen-bond acceptors (Lipinski definition) is 2. The van der Waals surface area contributed by atoms with Crippen LogP contribution in [0.2, 0.25) is 0 Å². The first-order chi connectivity index (χ1) is 5.24. The molecule has 0 aliphatic carbocycles. The van der Waals surface area contributed by atoms with Crippen molar-refractivity contribution in [3.63, 3.8) is 0 Å². The maximum Gasteiger partial charge on any atom is 0.120 e. The number of hydrogen-bond donors (Lipinski definition) is 2. The average Bonchev–Trinajstić information content (AvgIpc) is 2.37. The van der Waals surface area contributed by atoms with Gasteiger partial charge >= 0.3 is 0 Å². The summed E-state index contributed by atoms with van der Waals surface area (Å²) < 4.78 is 0. The van der Waals surface area contributed by atoms with Gasteiger partial charge in [-0.2, -0.15) is 0 Å². The van der Waals surface area contributed by atoms with Crippen LogP contribution in [0, 0.1) is 0 Å². The lowest BCUT2D eigenvalue weighted by atomic mass is 10.2. The summed E-state index contributed by atoms with van der Waals surface area (Å²) in [5.74, 6) is 1.55. The number of rotatable bonds is 3. The molecule has 3 heteroatoms. The lowest BCUT2D eigenvalue weighted by Crippen LogP contribution is -2.06. The summed E-state index contributed by atoms with van der Waals surface area (Å²) in [6.45, 7) is 5.11. The standard InChI is InChI=1S/C8H15N3/c1-6(2)7-4-10-8(11-7)5-9-3/h4,6,9H,5H2,1-3H3,(H,10,11). The van der Waals surface area contributed by atoms with Crippen molar-refractivity contribution in [1.29, 1.82) is 0 Å². The molecule has 0 unspecified atom stereocenters. The Morgan fingerprint density at radius 1 is 1.64 bits per heavy atom. The zero-order valence-corrected chi connectivity index (χ0v) is 7.31. The highest BCUT2D eigenvalue weighted by Gasteiger charge is 2.02. The Labute approximate surface area is 67.2 Å². The molecule has 11 heavy (non-hydrogen) atoms. The summed E-state index contributed by atoms with van der Waals surface area (Å²) >= 11 is 0. The zero-order chi connectivity index (χ0) is 8.27. The van der Waals surface area contributed by atoms with Gasteiger partial charge in [-0.1, -0.05) is 13.8 Å². The monoisotopic (exact) mass is 153 g/mol. The Morgan fingerprint density at radius 3 is 2.82 bits per heavy atom. The van der Waals surface area contributed by atoms with Crippen LogP contribution in [0.4, 0.5) is 0 Å². The normalized spacial score (nSPS) is 10.9. The van der Waals surface area contributed by atoms with E-state index in [1.165, 1.54) is 5.69 Å². The van der Waals surface area contributed by atoms with E-state index in [2.05, 4.69) is 29.1 Å². The molecule has 0 fully saturated rings. The number of H-pyrrole nitrogens is 1. The molecule has 0 bridgehead atoms. The van der Waals surface area contributed by atoms with Crippen LogP contribution in [0.3, 0.4) is 0 Å². The quantitative estimate of drug-likeness (QED) is 0.686. The molecule has 0 aliphatic heterocycles. The van der Waals surface area contributed by atoms with E-state index in [0.717, 1.165) is 12.4 Å². The van der Waals surface area contributed by atoms with Gasteiger partial charge in [-0.15, -0.1) is 0 Å². The number of nitrogens with one attached hydrogen (secondary N) is 2. The van der Waals surface area contributed by atoms with E-state index in [1.807, 2.05) is 13.2 Å². The number of imidazole rings is 1. The Balaban J connectivity index is 2.66. The molecular weight excluding hydrogens is 138 g/mol. The smallest absolute Gasteiger partial charge is 0.120 e. The molecule has 0 amide bonds. The molecule has 0 atom stereocenters. The Bertz CT molecular complexity index is 215. The summed E-state index contributed by atoms with van der Waals surface area (Å²) in [6.07, 6.45) is 1.90. The van der Waals surface area contributed by atoms with E-state index >= 15 is 0 Å². The fourth-order valence-electron chi connectivity index (χ4n) is 0.929. The van der Waals surface area contributed by atoms with Crippen LogP contribution in [0.15, 0.2) is 6.20 Å². The van der Waals surface area contributed by atoms with Crippen molar-refractivity contribution >= 4 is 0 Å². The van der Waals surface area contributed by atoms with Gasteiger partial charge < -0.3 is 10.3 Å². The van der Waals surface area contributed by atoms with Crippen molar-refractivity contribution in [2.75, 3.05) is 7.05 Å². The molecule has 1 heterocycles. The highest BCUT2D eigenvalue weighted by molar-refractivity contribution is 5.05. The third kappa shape index (κ3) is 2.05. The minimum atomic E-state index is 0.535. The molecule has 3 nitrogen and oxygen atoms in total. The minimum absolute atomic E-state index is 0.535. The first kappa shape index (κ1) is 8.27. The summed E-state index contributed by atoms with van der Waals surface area (Å²) in [4.78, 5) is 7.45. The van der Waals surface area contributed by atoms with Gasteiger partial charge in [0.05, 0.1) is 6.54 Å². The summed E-state index contributed by atoms with van der Waals surface area (Å²) in [7, 11) is 1.91. The number of aromatic nitrogens is 2.